The monoisotopic (exact) mass is 624 g/mol. The molecule has 236 valence electrons. The molecule has 0 saturated heterocycles. The lowest BCUT2D eigenvalue weighted by molar-refractivity contribution is -0.175. The number of halogens is 1. The van der Waals surface area contributed by atoms with Crippen LogP contribution in [0, 0.1) is 17.8 Å². The van der Waals surface area contributed by atoms with Gasteiger partial charge in [0.05, 0.1) is 10.9 Å². The summed E-state index contributed by atoms with van der Waals surface area (Å²) in [6.07, 6.45) is 5.51. The second-order valence-corrected chi connectivity index (χ2v) is 11.9. The summed E-state index contributed by atoms with van der Waals surface area (Å²) in [5.74, 6) is -3.45. The Balaban J connectivity index is 1.89. The predicted molar refractivity (Wildman–Crippen MR) is 169 cm³/mol. The van der Waals surface area contributed by atoms with Gasteiger partial charge in [0.2, 0.25) is 11.8 Å². The number of ether oxygens (including phenoxy) is 2. The number of esters is 2. The number of hydrogen-bond donors (Lipinski definition) is 3. The number of amides is 2. The average molecular weight is 625 g/mol. The molecular formula is C34H41ClN2O7. The van der Waals surface area contributed by atoms with E-state index in [0.717, 1.165) is 5.56 Å². The van der Waals surface area contributed by atoms with E-state index < -0.39 is 47.9 Å². The summed E-state index contributed by atoms with van der Waals surface area (Å²) in [6, 6.07) is 13.2. The molecule has 5 atom stereocenters. The topological polar surface area (TPSA) is 131 Å². The Kier molecular flexibility index (Phi) is 13.0. The van der Waals surface area contributed by atoms with Crippen molar-refractivity contribution in [1.82, 2.24) is 10.6 Å². The highest BCUT2D eigenvalue weighted by molar-refractivity contribution is 6.32. The van der Waals surface area contributed by atoms with Crippen molar-refractivity contribution in [2.24, 2.45) is 17.8 Å². The van der Waals surface area contributed by atoms with E-state index in [9.17, 15) is 24.3 Å². The van der Waals surface area contributed by atoms with Gasteiger partial charge in [-0.15, -0.1) is 0 Å². The van der Waals surface area contributed by atoms with E-state index in [1.807, 2.05) is 63.3 Å². The van der Waals surface area contributed by atoms with E-state index in [2.05, 4.69) is 10.6 Å². The van der Waals surface area contributed by atoms with Gasteiger partial charge in [-0.05, 0) is 41.7 Å². The Bertz CT molecular complexity index is 1360. The Morgan fingerprint density at radius 3 is 2.43 bits per heavy atom. The summed E-state index contributed by atoms with van der Waals surface area (Å²) in [6.45, 7) is 7.23. The number of carbonyl (C=O) groups is 4. The fourth-order valence-electron chi connectivity index (χ4n) is 4.53. The molecule has 0 bridgehead atoms. The van der Waals surface area contributed by atoms with Gasteiger partial charge in [0.25, 0.3) is 0 Å². The summed E-state index contributed by atoms with van der Waals surface area (Å²) >= 11 is 6.05. The van der Waals surface area contributed by atoms with Gasteiger partial charge >= 0.3 is 11.9 Å². The number of phenolic OH excluding ortho intramolecular Hbond substituents is 1. The fraction of sp³-hybridized carbons (Fsp3) is 0.412. The molecule has 0 aliphatic carbocycles. The van der Waals surface area contributed by atoms with Crippen LogP contribution in [0.2, 0.25) is 5.02 Å². The fourth-order valence-corrected chi connectivity index (χ4v) is 4.74. The van der Waals surface area contributed by atoms with Gasteiger partial charge in [0.15, 0.2) is 6.10 Å². The maximum Gasteiger partial charge on any atom is 0.347 e. The zero-order valence-corrected chi connectivity index (χ0v) is 26.3. The normalized spacial score (nSPS) is 23.1. The molecule has 1 aliphatic rings. The third kappa shape index (κ3) is 10.9. The first-order valence-electron chi connectivity index (χ1n) is 14.8. The van der Waals surface area contributed by atoms with Gasteiger partial charge in [-0.3, -0.25) is 14.4 Å². The Morgan fingerprint density at radius 2 is 1.75 bits per heavy atom. The zero-order chi connectivity index (χ0) is 32.2. The quantitative estimate of drug-likeness (QED) is 0.369. The number of carbonyl (C=O) groups excluding carboxylic acids is 4. The smallest absolute Gasteiger partial charge is 0.347 e. The van der Waals surface area contributed by atoms with Crippen LogP contribution in [0.25, 0.3) is 6.08 Å². The molecule has 0 radical (unpaired) electrons. The number of rotatable bonds is 7. The number of cyclic esters (lactones) is 2. The number of hydrogen-bond acceptors (Lipinski definition) is 7. The number of benzene rings is 2. The molecule has 9 nitrogen and oxygen atoms in total. The molecule has 2 amide bonds. The van der Waals surface area contributed by atoms with Gasteiger partial charge in [-0.1, -0.05) is 93.9 Å². The maximum atomic E-state index is 13.3. The second kappa shape index (κ2) is 16.7. The number of nitrogens with one attached hydrogen (secondary N) is 2. The predicted octanol–water partition coefficient (Wildman–Crippen LogP) is 5.00. The van der Waals surface area contributed by atoms with Crippen molar-refractivity contribution in [2.45, 2.75) is 65.2 Å². The molecule has 10 heteroatoms. The molecule has 1 aliphatic heterocycles. The Morgan fingerprint density at radius 1 is 1.02 bits per heavy atom. The Labute approximate surface area is 263 Å². The summed E-state index contributed by atoms with van der Waals surface area (Å²) in [5.41, 5.74) is 1.59. The van der Waals surface area contributed by atoms with Crippen LogP contribution >= 0.6 is 11.6 Å². The van der Waals surface area contributed by atoms with Gasteiger partial charge in [0.1, 0.15) is 17.9 Å². The molecule has 1 heterocycles. The lowest BCUT2D eigenvalue weighted by atomic mass is 9.99. The van der Waals surface area contributed by atoms with Crippen LogP contribution in [0.5, 0.6) is 5.75 Å². The van der Waals surface area contributed by atoms with Gasteiger partial charge in [0, 0.05) is 25.3 Å². The van der Waals surface area contributed by atoms with Gasteiger partial charge < -0.3 is 25.2 Å². The zero-order valence-electron chi connectivity index (χ0n) is 25.5. The van der Waals surface area contributed by atoms with E-state index in [1.165, 1.54) is 18.2 Å². The van der Waals surface area contributed by atoms with Crippen molar-refractivity contribution in [2.75, 3.05) is 6.54 Å². The number of aromatic hydroxyl groups is 1. The van der Waals surface area contributed by atoms with Crippen LogP contribution in [0.3, 0.4) is 0 Å². The van der Waals surface area contributed by atoms with Gasteiger partial charge in [-0.25, -0.2) is 4.79 Å². The van der Waals surface area contributed by atoms with Gasteiger partial charge in [-0.2, -0.15) is 0 Å². The van der Waals surface area contributed by atoms with Crippen LogP contribution in [-0.4, -0.2) is 53.7 Å². The first-order valence-corrected chi connectivity index (χ1v) is 15.2. The van der Waals surface area contributed by atoms with E-state index in [1.54, 1.807) is 19.1 Å². The van der Waals surface area contributed by atoms with E-state index >= 15 is 0 Å². The van der Waals surface area contributed by atoms with E-state index in [-0.39, 0.29) is 48.4 Å². The molecule has 2 aromatic rings. The largest absolute Gasteiger partial charge is 0.506 e. The van der Waals surface area contributed by atoms with Crippen LogP contribution in [0.4, 0.5) is 0 Å². The Hall–Kier alpha value is -4.11. The third-order valence-electron chi connectivity index (χ3n) is 7.16. The minimum Gasteiger partial charge on any atom is -0.506 e. The first kappa shape index (κ1) is 34.4. The average Bonchev–Trinajstić information content (AvgIpc) is 2.98. The second-order valence-electron chi connectivity index (χ2n) is 11.5. The van der Waals surface area contributed by atoms with Crippen molar-refractivity contribution < 1.29 is 33.8 Å². The lowest BCUT2D eigenvalue weighted by Crippen LogP contribution is -2.49. The molecular weight excluding hydrogens is 584 g/mol. The molecule has 2 aromatic carbocycles. The summed E-state index contributed by atoms with van der Waals surface area (Å²) < 4.78 is 11.6. The summed E-state index contributed by atoms with van der Waals surface area (Å²) in [5, 5.41) is 15.3. The number of phenols is 1. The molecule has 0 unspecified atom stereocenters. The highest BCUT2D eigenvalue weighted by Gasteiger charge is 2.31. The summed E-state index contributed by atoms with van der Waals surface area (Å²) in [7, 11) is 0. The highest BCUT2D eigenvalue weighted by Crippen LogP contribution is 2.24. The van der Waals surface area contributed by atoms with E-state index in [4.69, 9.17) is 21.1 Å². The molecule has 0 aromatic heterocycles. The molecule has 3 rings (SSSR count). The van der Waals surface area contributed by atoms with Crippen LogP contribution in [-0.2, 0) is 35.1 Å². The third-order valence-corrected chi connectivity index (χ3v) is 7.46. The maximum absolute atomic E-state index is 13.3. The summed E-state index contributed by atoms with van der Waals surface area (Å²) in [4.78, 5) is 52.5. The van der Waals surface area contributed by atoms with Crippen molar-refractivity contribution >= 4 is 41.4 Å². The SMILES string of the molecule is CC(C)C[C@@H]1OC(=O)[C@H](C)CNC(=O)[C@@H](Cc2ccc(O)c(Cl)c2)NC(=O)C=CC[C@@H]([C@H](C)/C=C/c2ccccc2)OC1=O. The van der Waals surface area contributed by atoms with Crippen molar-refractivity contribution in [3.8, 4) is 5.75 Å². The standard InChI is InChI=1S/C34H41ClN2O7/c1-21(2)17-30-34(42)43-29(22(3)13-14-24-9-6-5-7-10-24)11-8-12-31(39)37-27(19-25-15-16-28(38)26(35)18-25)32(40)36-20-23(4)33(41)44-30/h5-10,12-16,18,21-23,27,29-30,38H,11,17,19-20H2,1-4H3,(H,36,40)(H,37,39)/b12-8?,14-13+/t22-,23-,27-,29+,30+/m1/s1. The molecule has 0 spiro atoms. The van der Waals surface area contributed by atoms with Crippen molar-refractivity contribution in [1.29, 1.82) is 0 Å². The van der Waals surface area contributed by atoms with Crippen molar-refractivity contribution in [3.63, 3.8) is 0 Å². The van der Waals surface area contributed by atoms with Crippen LogP contribution in [0.15, 0.2) is 66.8 Å². The highest BCUT2D eigenvalue weighted by atomic mass is 35.5. The minimum atomic E-state index is -1.12. The molecule has 44 heavy (non-hydrogen) atoms. The lowest BCUT2D eigenvalue weighted by Gasteiger charge is -2.26. The van der Waals surface area contributed by atoms with Crippen molar-refractivity contribution in [3.05, 3.63) is 82.9 Å². The molecule has 0 saturated carbocycles. The molecule has 3 N–H and O–H groups in total. The van der Waals surface area contributed by atoms with Crippen LogP contribution in [0.1, 0.15) is 51.7 Å². The molecule has 0 fully saturated rings. The first-order chi connectivity index (χ1) is 20.9. The van der Waals surface area contributed by atoms with Crippen LogP contribution < -0.4 is 10.6 Å². The minimum absolute atomic E-state index is 0.0348. The van der Waals surface area contributed by atoms with E-state index in [0.29, 0.717) is 5.56 Å².